The van der Waals surface area contributed by atoms with E-state index in [0.717, 1.165) is 46.4 Å². The van der Waals surface area contributed by atoms with Gasteiger partial charge in [-0.1, -0.05) is 12.1 Å². The van der Waals surface area contributed by atoms with E-state index >= 15 is 0 Å². The Bertz CT molecular complexity index is 1780. The second-order valence-corrected chi connectivity index (χ2v) is 11.0. The maximum atomic E-state index is 13.1. The number of ether oxygens (including phenoxy) is 2. The number of carbonyl (C=O) groups is 1. The number of carbonyl (C=O) groups excluding carboxylic acids is 1. The summed E-state index contributed by atoms with van der Waals surface area (Å²) in [6.45, 7) is 6.81. The molecule has 1 unspecified atom stereocenters. The number of nitrogens with zero attached hydrogens (tertiary/aromatic N) is 7. The van der Waals surface area contributed by atoms with Gasteiger partial charge in [-0.2, -0.15) is 5.10 Å². The first-order valence-electron chi connectivity index (χ1n) is 14.8. The highest BCUT2D eigenvalue weighted by molar-refractivity contribution is 6.06. The van der Waals surface area contributed by atoms with E-state index in [1.807, 2.05) is 51.4 Å². The number of hydrogen-bond acceptors (Lipinski definition) is 11. The summed E-state index contributed by atoms with van der Waals surface area (Å²) >= 11 is 0. The molecule has 14 nitrogen and oxygen atoms in total. The zero-order chi connectivity index (χ0) is 31.3. The van der Waals surface area contributed by atoms with Gasteiger partial charge in [-0.05, 0) is 31.9 Å². The number of amides is 1. The van der Waals surface area contributed by atoms with Crippen LogP contribution >= 0.6 is 0 Å². The maximum Gasteiger partial charge on any atom is 0.238 e. The molecule has 0 bridgehead atoms. The number of methoxy groups -OCH3 is 1. The van der Waals surface area contributed by atoms with Crippen LogP contribution < -0.4 is 20.7 Å². The van der Waals surface area contributed by atoms with E-state index in [1.165, 1.54) is 6.33 Å². The van der Waals surface area contributed by atoms with Gasteiger partial charge in [0.05, 0.1) is 30.0 Å². The Morgan fingerprint density at radius 1 is 1.16 bits per heavy atom. The average molecular weight is 612 g/mol. The van der Waals surface area contributed by atoms with Crippen molar-refractivity contribution in [1.82, 2.24) is 39.6 Å². The lowest BCUT2D eigenvalue weighted by atomic mass is 10.1. The fourth-order valence-electron chi connectivity index (χ4n) is 5.35. The number of anilines is 4. The minimum atomic E-state index is -0.0960. The molecule has 4 aromatic heterocycles. The number of aromatic amines is 1. The lowest BCUT2D eigenvalue weighted by Gasteiger charge is -2.17. The lowest BCUT2D eigenvalue weighted by molar-refractivity contribution is -0.117. The minimum absolute atomic E-state index is 0.0638. The number of fused-ring (bicyclic) bond motifs is 1. The first-order chi connectivity index (χ1) is 21.9. The van der Waals surface area contributed by atoms with Gasteiger partial charge in [0.25, 0.3) is 0 Å². The van der Waals surface area contributed by atoms with Crippen LogP contribution in [0.3, 0.4) is 0 Å². The van der Waals surface area contributed by atoms with Crippen molar-refractivity contribution in [2.75, 3.05) is 55.8 Å². The molecule has 1 saturated heterocycles. The summed E-state index contributed by atoms with van der Waals surface area (Å²) in [5.41, 5.74) is 5.20. The normalized spacial score (nSPS) is 15.0. The van der Waals surface area contributed by atoms with Gasteiger partial charge in [0, 0.05) is 75.0 Å². The quantitative estimate of drug-likeness (QED) is 0.153. The molecule has 0 saturated carbocycles. The highest BCUT2D eigenvalue weighted by Gasteiger charge is 2.26. The smallest absolute Gasteiger partial charge is 0.238 e. The van der Waals surface area contributed by atoms with Crippen molar-refractivity contribution >= 4 is 40.1 Å². The third kappa shape index (κ3) is 7.02. The third-order valence-corrected chi connectivity index (χ3v) is 7.71. The van der Waals surface area contributed by atoms with E-state index in [4.69, 9.17) is 14.5 Å². The van der Waals surface area contributed by atoms with Gasteiger partial charge in [-0.15, -0.1) is 0 Å². The van der Waals surface area contributed by atoms with Gasteiger partial charge < -0.3 is 30.4 Å². The molecule has 1 aliphatic rings. The molecule has 1 atom stereocenters. The van der Waals surface area contributed by atoms with Crippen molar-refractivity contribution in [3.05, 3.63) is 60.3 Å². The van der Waals surface area contributed by atoms with Crippen molar-refractivity contribution in [2.24, 2.45) is 7.05 Å². The number of para-hydroxylation sites is 1. The predicted octanol–water partition coefficient (Wildman–Crippen LogP) is 3.66. The van der Waals surface area contributed by atoms with Crippen LogP contribution in [0.25, 0.3) is 22.2 Å². The summed E-state index contributed by atoms with van der Waals surface area (Å²) in [5.74, 6) is 2.22. The molecule has 45 heavy (non-hydrogen) atoms. The van der Waals surface area contributed by atoms with Gasteiger partial charge >= 0.3 is 0 Å². The number of likely N-dealkylation sites (tertiary alicyclic amines) is 1. The van der Waals surface area contributed by atoms with Crippen LogP contribution in [0.5, 0.6) is 5.88 Å². The molecular weight excluding hydrogens is 574 g/mol. The number of aromatic nitrogens is 7. The van der Waals surface area contributed by atoms with E-state index in [0.29, 0.717) is 48.8 Å². The number of rotatable bonds is 12. The fraction of sp³-hybridized carbons (Fsp3) is 0.355. The van der Waals surface area contributed by atoms with Crippen LogP contribution in [0.2, 0.25) is 0 Å². The van der Waals surface area contributed by atoms with E-state index in [1.54, 1.807) is 24.1 Å². The molecule has 1 aromatic carbocycles. The van der Waals surface area contributed by atoms with E-state index in [2.05, 4.69) is 45.9 Å². The van der Waals surface area contributed by atoms with Crippen LogP contribution in [-0.4, -0.2) is 91.5 Å². The number of benzene rings is 1. The van der Waals surface area contributed by atoms with Crippen molar-refractivity contribution in [3.63, 3.8) is 0 Å². The Balaban J connectivity index is 1.09. The molecule has 6 rings (SSSR count). The van der Waals surface area contributed by atoms with E-state index in [9.17, 15) is 4.79 Å². The molecule has 0 aliphatic carbocycles. The van der Waals surface area contributed by atoms with E-state index < -0.39 is 0 Å². The van der Waals surface area contributed by atoms with Crippen molar-refractivity contribution in [2.45, 2.75) is 26.4 Å². The zero-order valence-electron chi connectivity index (χ0n) is 25.8. The van der Waals surface area contributed by atoms with Gasteiger partial charge in [0.15, 0.2) is 5.82 Å². The van der Waals surface area contributed by atoms with Crippen molar-refractivity contribution in [3.8, 4) is 17.1 Å². The topological polar surface area (TPSA) is 160 Å². The first kappa shape index (κ1) is 30.0. The lowest BCUT2D eigenvalue weighted by Crippen LogP contribution is -2.33. The molecule has 1 amide bonds. The molecule has 14 heteroatoms. The highest BCUT2D eigenvalue weighted by Crippen LogP contribution is 2.33. The maximum absolute atomic E-state index is 13.1. The third-order valence-electron chi connectivity index (χ3n) is 7.71. The second kappa shape index (κ2) is 13.3. The van der Waals surface area contributed by atoms with Crippen LogP contribution in [0.4, 0.5) is 23.3 Å². The van der Waals surface area contributed by atoms with Crippen molar-refractivity contribution in [1.29, 1.82) is 0 Å². The SMILES string of the molecule is COCCNc1cc(OC2CCN(CC(=O)Nc3cccc4c(-c5nc(Nc6cc(C)n(C)n6)ncc5C)c[nH]c34)C2)ncn1. The van der Waals surface area contributed by atoms with Crippen LogP contribution in [0.15, 0.2) is 49.1 Å². The Labute approximate surface area is 260 Å². The molecular formula is C31H37N11O3. The standard InChI is InChI=1S/C31H37N11O3/c1-19-14-34-31(38-26-12-20(2)41(3)40-26)39-29(19)23-15-33-30-22(23)6-5-7-24(30)37-27(43)17-42-10-8-21(16-42)45-28-13-25(35-18-36-28)32-9-11-44-4/h5-7,12-15,18,21,33H,8-11,16-17H2,1-4H3,(H,37,43)(H,32,35,36)(H,34,38,39,40). The Morgan fingerprint density at radius 2 is 2.04 bits per heavy atom. The van der Waals surface area contributed by atoms with Gasteiger partial charge in [0.2, 0.25) is 17.7 Å². The van der Waals surface area contributed by atoms with Crippen LogP contribution in [0, 0.1) is 13.8 Å². The van der Waals surface area contributed by atoms with Gasteiger partial charge in [-0.3, -0.25) is 14.4 Å². The van der Waals surface area contributed by atoms with Gasteiger partial charge in [-0.25, -0.2) is 19.9 Å². The average Bonchev–Trinajstić information content (AvgIpc) is 3.73. The summed E-state index contributed by atoms with van der Waals surface area (Å²) in [6, 6.07) is 9.56. The minimum Gasteiger partial charge on any atom is -0.473 e. The zero-order valence-corrected chi connectivity index (χ0v) is 25.8. The summed E-state index contributed by atoms with van der Waals surface area (Å²) in [4.78, 5) is 36.3. The fourth-order valence-corrected chi connectivity index (χ4v) is 5.35. The van der Waals surface area contributed by atoms with E-state index in [-0.39, 0.29) is 18.6 Å². The molecule has 0 radical (unpaired) electrons. The molecule has 0 spiro atoms. The number of nitrogens with one attached hydrogen (secondary N) is 4. The molecule has 5 aromatic rings. The summed E-state index contributed by atoms with van der Waals surface area (Å²) < 4.78 is 13.0. The second-order valence-electron chi connectivity index (χ2n) is 11.0. The molecule has 1 aliphatic heterocycles. The van der Waals surface area contributed by atoms with Crippen LogP contribution in [0.1, 0.15) is 17.7 Å². The predicted molar refractivity (Wildman–Crippen MR) is 172 cm³/mol. The highest BCUT2D eigenvalue weighted by atomic mass is 16.5. The van der Waals surface area contributed by atoms with Gasteiger partial charge in [0.1, 0.15) is 18.2 Å². The Kier molecular flexibility index (Phi) is 8.84. The molecule has 4 N–H and O–H groups in total. The van der Waals surface area contributed by atoms with Crippen LogP contribution in [-0.2, 0) is 16.6 Å². The Morgan fingerprint density at radius 3 is 2.87 bits per heavy atom. The largest absolute Gasteiger partial charge is 0.473 e. The molecule has 234 valence electrons. The van der Waals surface area contributed by atoms with Crippen molar-refractivity contribution < 1.29 is 14.3 Å². The number of hydrogen-bond donors (Lipinski definition) is 4. The summed E-state index contributed by atoms with van der Waals surface area (Å²) in [6.07, 6.45) is 5.92. The molecule has 5 heterocycles. The molecule has 1 fully saturated rings. The monoisotopic (exact) mass is 611 g/mol. The first-order valence-corrected chi connectivity index (χ1v) is 14.8. The number of H-pyrrole nitrogens is 1. The number of aryl methyl sites for hydroxylation is 3. The summed E-state index contributed by atoms with van der Waals surface area (Å²) in [5, 5.41) is 14.9. The Hall–Kier alpha value is -5.08. The summed E-state index contributed by atoms with van der Waals surface area (Å²) in [7, 11) is 3.54.